The van der Waals surface area contributed by atoms with Crippen molar-refractivity contribution in [1.82, 2.24) is 0 Å². The summed E-state index contributed by atoms with van der Waals surface area (Å²) in [6.45, 7) is 2.01. The van der Waals surface area contributed by atoms with Crippen LogP contribution in [0.25, 0.3) is 0 Å². The van der Waals surface area contributed by atoms with E-state index in [0.29, 0.717) is 29.1 Å². The lowest BCUT2D eigenvalue weighted by Crippen LogP contribution is -2.04. The molecule has 0 fully saturated rings. The Labute approximate surface area is 81.1 Å². The third-order valence-electron chi connectivity index (χ3n) is 1.86. The number of benzene rings is 1. The largest absolute Gasteiger partial charge is 0.505 e. The van der Waals surface area contributed by atoms with Crippen molar-refractivity contribution in [3.63, 3.8) is 0 Å². The van der Waals surface area contributed by atoms with Crippen molar-refractivity contribution in [1.29, 1.82) is 0 Å². The van der Waals surface area contributed by atoms with Gasteiger partial charge in [0.1, 0.15) is 0 Å². The van der Waals surface area contributed by atoms with Crippen LogP contribution in [0.2, 0.25) is 5.02 Å². The van der Waals surface area contributed by atoms with Crippen molar-refractivity contribution < 1.29 is 9.50 Å². The zero-order valence-electron chi connectivity index (χ0n) is 7.27. The van der Waals surface area contributed by atoms with Crippen molar-refractivity contribution in [3.8, 4) is 5.75 Å². The first-order valence-corrected chi connectivity index (χ1v) is 4.32. The number of halogens is 2. The maximum atomic E-state index is 13.0. The molecule has 4 heteroatoms. The molecule has 13 heavy (non-hydrogen) atoms. The number of nitrogens with two attached hydrogens (primary N) is 1. The van der Waals surface area contributed by atoms with Crippen LogP contribution in [-0.2, 0) is 6.42 Å². The molecule has 0 amide bonds. The smallest absolute Gasteiger partial charge is 0.165 e. The van der Waals surface area contributed by atoms with Crippen LogP contribution in [0.3, 0.4) is 0 Å². The standard InChI is InChI=1S/C9H11ClFNO/c1-5-4-7(11)9(13)6(2-3-12)8(5)10/h4,13H,2-3,12H2,1H3. The van der Waals surface area contributed by atoms with Crippen molar-refractivity contribution in [2.75, 3.05) is 6.54 Å². The second-order valence-corrected chi connectivity index (χ2v) is 3.23. The Morgan fingerprint density at radius 3 is 2.77 bits per heavy atom. The number of hydrogen-bond acceptors (Lipinski definition) is 2. The number of hydrogen-bond donors (Lipinski definition) is 2. The molecule has 0 heterocycles. The molecule has 3 N–H and O–H groups in total. The molecule has 0 saturated heterocycles. The zero-order valence-corrected chi connectivity index (χ0v) is 8.03. The summed E-state index contributed by atoms with van der Waals surface area (Å²) in [6, 6.07) is 1.21. The summed E-state index contributed by atoms with van der Waals surface area (Å²) < 4.78 is 13.0. The van der Waals surface area contributed by atoms with Crippen molar-refractivity contribution >= 4 is 11.6 Å². The Morgan fingerprint density at radius 1 is 1.62 bits per heavy atom. The highest BCUT2D eigenvalue weighted by Crippen LogP contribution is 2.31. The van der Waals surface area contributed by atoms with Crippen molar-refractivity contribution in [2.24, 2.45) is 5.73 Å². The normalized spacial score (nSPS) is 10.5. The molecule has 0 aliphatic carbocycles. The minimum absolute atomic E-state index is 0.330. The first kappa shape index (κ1) is 10.3. The molecule has 1 aromatic carbocycles. The predicted molar refractivity (Wildman–Crippen MR) is 50.6 cm³/mol. The Balaban J connectivity index is 3.28. The van der Waals surface area contributed by atoms with Crippen molar-refractivity contribution in [2.45, 2.75) is 13.3 Å². The molecule has 0 spiro atoms. The van der Waals surface area contributed by atoms with E-state index in [1.54, 1.807) is 6.92 Å². The molecule has 0 aliphatic rings. The van der Waals surface area contributed by atoms with Crippen LogP contribution in [0.15, 0.2) is 6.07 Å². The summed E-state index contributed by atoms with van der Waals surface area (Å²) in [4.78, 5) is 0. The summed E-state index contributed by atoms with van der Waals surface area (Å²) in [6.07, 6.45) is 0.378. The molecule has 0 atom stereocenters. The van der Waals surface area contributed by atoms with E-state index in [-0.39, 0.29) is 5.75 Å². The first-order valence-electron chi connectivity index (χ1n) is 3.94. The van der Waals surface area contributed by atoms with E-state index in [0.717, 1.165) is 0 Å². The average Bonchev–Trinajstić information content (AvgIpc) is 2.09. The van der Waals surface area contributed by atoms with Gasteiger partial charge in [-0.1, -0.05) is 11.6 Å². The summed E-state index contributed by atoms with van der Waals surface area (Å²) >= 11 is 5.87. The maximum Gasteiger partial charge on any atom is 0.165 e. The van der Waals surface area contributed by atoms with E-state index >= 15 is 0 Å². The fourth-order valence-electron chi connectivity index (χ4n) is 1.18. The summed E-state index contributed by atoms with van der Waals surface area (Å²) in [5.74, 6) is -1.04. The fraction of sp³-hybridized carbons (Fsp3) is 0.333. The number of aromatic hydroxyl groups is 1. The lowest BCUT2D eigenvalue weighted by molar-refractivity contribution is 0.425. The highest BCUT2D eigenvalue weighted by molar-refractivity contribution is 6.32. The summed E-state index contributed by atoms with van der Waals surface area (Å²) in [7, 11) is 0. The van der Waals surface area contributed by atoms with Crippen LogP contribution in [0.1, 0.15) is 11.1 Å². The fourth-order valence-corrected chi connectivity index (χ4v) is 1.42. The van der Waals surface area contributed by atoms with Crippen molar-refractivity contribution in [3.05, 3.63) is 28.0 Å². The van der Waals surface area contributed by atoms with E-state index in [2.05, 4.69) is 0 Å². The molecule has 1 aromatic rings. The van der Waals surface area contributed by atoms with Crippen LogP contribution in [0, 0.1) is 12.7 Å². The molecule has 72 valence electrons. The highest BCUT2D eigenvalue weighted by atomic mass is 35.5. The molecule has 0 bridgehead atoms. The van der Waals surface area contributed by atoms with Gasteiger partial charge in [0.25, 0.3) is 0 Å². The summed E-state index contributed by atoms with van der Waals surface area (Å²) in [5, 5.41) is 9.71. The van der Waals surface area contributed by atoms with E-state index in [1.165, 1.54) is 6.07 Å². The maximum absolute atomic E-state index is 13.0. The van der Waals surface area contributed by atoms with Gasteiger partial charge in [0.2, 0.25) is 0 Å². The lowest BCUT2D eigenvalue weighted by Gasteiger charge is -2.09. The average molecular weight is 204 g/mol. The van der Waals surface area contributed by atoms with Gasteiger partial charge in [-0.15, -0.1) is 0 Å². The third kappa shape index (κ3) is 1.92. The third-order valence-corrected chi connectivity index (χ3v) is 2.39. The minimum atomic E-state index is -0.648. The molecule has 0 aliphatic heterocycles. The molecule has 0 unspecified atom stereocenters. The zero-order chi connectivity index (χ0) is 10.0. The topological polar surface area (TPSA) is 46.2 Å². The number of phenols is 1. The number of aryl methyl sites for hydroxylation is 1. The van der Waals surface area contributed by atoms with Crippen LogP contribution in [0.5, 0.6) is 5.75 Å². The van der Waals surface area contributed by atoms with Gasteiger partial charge in [-0.25, -0.2) is 4.39 Å². The molecule has 2 nitrogen and oxygen atoms in total. The molecule has 1 rings (SSSR count). The SMILES string of the molecule is Cc1cc(F)c(O)c(CCN)c1Cl. The predicted octanol–water partition coefficient (Wildman–Crippen LogP) is 1.99. The second kappa shape index (κ2) is 3.94. The van der Waals surface area contributed by atoms with Gasteiger partial charge in [-0.2, -0.15) is 0 Å². The van der Waals surface area contributed by atoms with Gasteiger partial charge in [-0.3, -0.25) is 0 Å². The minimum Gasteiger partial charge on any atom is -0.505 e. The monoisotopic (exact) mass is 203 g/mol. The Bertz CT molecular complexity index is 302. The van der Waals surface area contributed by atoms with Crippen LogP contribution in [-0.4, -0.2) is 11.7 Å². The van der Waals surface area contributed by atoms with Gasteiger partial charge < -0.3 is 10.8 Å². The molecule has 0 radical (unpaired) electrons. The van der Waals surface area contributed by atoms with E-state index in [4.69, 9.17) is 17.3 Å². The summed E-state index contributed by atoms with van der Waals surface area (Å²) in [5.41, 5.74) is 6.31. The molecule has 0 aromatic heterocycles. The molecule has 0 saturated carbocycles. The highest BCUT2D eigenvalue weighted by Gasteiger charge is 2.13. The van der Waals surface area contributed by atoms with E-state index < -0.39 is 5.82 Å². The van der Waals surface area contributed by atoms with Gasteiger partial charge in [0.15, 0.2) is 11.6 Å². The number of phenolic OH excluding ortho intramolecular Hbond substituents is 1. The Hall–Kier alpha value is -0.800. The first-order chi connectivity index (χ1) is 6.07. The Morgan fingerprint density at radius 2 is 2.23 bits per heavy atom. The van der Waals surface area contributed by atoms with Crippen LogP contribution < -0.4 is 5.73 Å². The van der Waals surface area contributed by atoms with Gasteiger partial charge in [-0.05, 0) is 31.5 Å². The van der Waals surface area contributed by atoms with Gasteiger partial charge >= 0.3 is 0 Å². The van der Waals surface area contributed by atoms with E-state index in [9.17, 15) is 9.50 Å². The molecular weight excluding hydrogens is 193 g/mol. The van der Waals surface area contributed by atoms with Gasteiger partial charge in [0.05, 0.1) is 5.02 Å². The van der Waals surface area contributed by atoms with Gasteiger partial charge in [0, 0.05) is 5.56 Å². The van der Waals surface area contributed by atoms with Crippen LogP contribution >= 0.6 is 11.6 Å². The molecular formula is C9H11ClFNO. The quantitative estimate of drug-likeness (QED) is 0.772. The Kier molecular flexibility index (Phi) is 3.12. The van der Waals surface area contributed by atoms with E-state index in [1.807, 2.05) is 0 Å². The lowest BCUT2D eigenvalue weighted by atomic mass is 10.1. The second-order valence-electron chi connectivity index (χ2n) is 2.86. The number of rotatable bonds is 2. The van der Waals surface area contributed by atoms with Crippen LogP contribution in [0.4, 0.5) is 4.39 Å².